The molecule has 0 unspecified atom stereocenters. The van der Waals surface area contributed by atoms with Gasteiger partial charge in [-0.15, -0.1) is 0 Å². The van der Waals surface area contributed by atoms with Crippen molar-refractivity contribution in [2.24, 2.45) is 0 Å². The molecule has 4 rings (SSSR count). The lowest BCUT2D eigenvalue weighted by atomic mass is 10.1. The number of rotatable bonds is 8. The van der Waals surface area contributed by atoms with E-state index in [1.54, 1.807) is 54.6 Å². The van der Waals surface area contributed by atoms with Crippen molar-refractivity contribution in [2.75, 3.05) is 6.61 Å². The minimum absolute atomic E-state index is 0.228. The minimum atomic E-state index is -0.428. The van der Waals surface area contributed by atoms with Crippen molar-refractivity contribution in [1.82, 2.24) is 10.4 Å². The maximum Gasteiger partial charge on any atom is 0.285 e. The van der Waals surface area contributed by atoms with Crippen LogP contribution in [0.4, 0.5) is 0 Å². The molecule has 3 aromatic carbocycles. The van der Waals surface area contributed by atoms with Crippen LogP contribution in [0.1, 0.15) is 28.4 Å². The normalized spacial score (nSPS) is 14.3. The average Bonchev–Trinajstić information content (AvgIpc) is 3.13. The van der Waals surface area contributed by atoms with E-state index >= 15 is 0 Å². The van der Waals surface area contributed by atoms with E-state index in [-0.39, 0.29) is 10.9 Å². The number of hydrazine groups is 1. The fourth-order valence-corrected chi connectivity index (χ4v) is 5.40. The Morgan fingerprint density at radius 3 is 2.57 bits per heavy atom. The molecule has 1 N–H and O–H groups in total. The number of thioether (sulfide) groups is 1. The van der Waals surface area contributed by atoms with E-state index in [1.807, 2.05) is 19.1 Å². The Labute approximate surface area is 242 Å². The summed E-state index contributed by atoms with van der Waals surface area (Å²) in [7, 11) is 0. The lowest BCUT2D eigenvalue weighted by Crippen LogP contribution is -2.44. The quantitative estimate of drug-likeness (QED) is 0.207. The highest BCUT2D eigenvalue weighted by atomic mass is 79.9. The highest BCUT2D eigenvalue weighted by Crippen LogP contribution is 2.40. The van der Waals surface area contributed by atoms with E-state index in [2.05, 4.69) is 21.4 Å². The molecule has 0 saturated carbocycles. The second kappa shape index (κ2) is 12.3. The van der Waals surface area contributed by atoms with Crippen LogP contribution in [-0.2, 0) is 11.4 Å². The molecule has 0 bridgehead atoms. The smallest absolute Gasteiger partial charge is 0.285 e. The third kappa shape index (κ3) is 6.66. The van der Waals surface area contributed by atoms with Gasteiger partial charge in [0.05, 0.1) is 26.0 Å². The molecular formula is C26H19BrCl2N2O4S2. The SMILES string of the molecule is CCOc1cc(/C=C2/SC(=S)N(NC(=O)c3ccccc3)C2=O)cc(Br)c1OCc1ccc(Cl)c(Cl)c1. The average molecular weight is 638 g/mol. The topological polar surface area (TPSA) is 67.9 Å². The summed E-state index contributed by atoms with van der Waals surface area (Å²) in [4.78, 5) is 25.9. The van der Waals surface area contributed by atoms with Crippen LogP contribution in [0.15, 0.2) is 70.0 Å². The van der Waals surface area contributed by atoms with Crippen molar-refractivity contribution in [3.63, 3.8) is 0 Å². The standard InChI is InChI=1S/C26H19BrCl2N2O4S2/c1-2-34-21-12-16(10-18(27)23(21)35-14-15-8-9-19(28)20(29)11-15)13-22-25(33)31(26(36)37-22)30-24(32)17-6-4-3-5-7-17/h3-13H,2,14H2,1H3,(H,30,32)/b22-13+. The molecule has 0 aromatic heterocycles. The number of amides is 2. The Bertz CT molecular complexity index is 1400. The van der Waals surface area contributed by atoms with Gasteiger partial charge in [0.1, 0.15) is 6.61 Å². The summed E-state index contributed by atoms with van der Waals surface area (Å²) in [5.74, 6) is 0.153. The Balaban J connectivity index is 1.53. The molecule has 11 heteroatoms. The fraction of sp³-hybridized carbons (Fsp3) is 0.115. The van der Waals surface area contributed by atoms with E-state index in [9.17, 15) is 9.59 Å². The monoisotopic (exact) mass is 636 g/mol. The van der Waals surface area contributed by atoms with Crippen LogP contribution < -0.4 is 14.9 Å². The summed E-state index contributed by atoms with van der Waals surface area (Å²) in [6.45, 7) is 2.52. The van der Waals surface area contributed by atoms with Crippen LogP contribution in [0.3, 0.4) is 0 Å². The van der Waals surface area contributed by atoms with E-state index in [0.717, 1.165) is 22.3 Å². The Morgan fingerprint density at radius 1 is 1.11 bits per heavy atom. The van der Waals surface area contributed by atoms with Gasteiger partial charge in [0.15, 0.2) is 15.8 Å². The highest BCUT2D eigenvalue weighted by Gasteiger charge is 2.34. The molecule has 3 aromatic rings. The molecule has 0 atom stereocenters. The molecule has 0 radical (unpaired) electrons. The molecule has 190 valence electrons. The first-order chi connectivity index (χ1) is 17.8. The number of ether oxygens (including phenoxy) is 2. The number of benzene rings is 3. The zero-order valence-electron chi connectivity index (χ0n) is 19.3. The zero-order chi connectivity index (χ0) is 26.5. The number of hydrogen-bond acceptors (Lipinski definition) is 6. The van der Waals surface area contributed by atoms with Crippen molar-refractivity contribution in [2.45, 2.75) is 13.5 Å². The molecule has 1 fully saturated rings. The highest BCUT2D eigenvalue weighted by molar-refractivity contribution is 9.10. The Hall–Kier alpha value is -2.56. The van der Waals surface area contributed by atoms with Crippen molar-refractivity contribution >= 4 is 85.3 Å². The molecule has 1 saturated heterocycles. The van der Waals surface area contributed by atoms with Gasteiger partial charge in [-0.3, -0.25) is 15.0 Å². The van der Waals surface area contributed by atoms with Crippen LogP contribution in [0, 0.1) is 0 Å². The molecule has 1 aliphatic rings. The molecule has 6 nitrogen and oxygen atoms in total. The number of carbonyl (C=O) groups excluding carboxylic acids is 2. The van der Waals surface area contributed by atoms with Crippen molar-refractivity contribution in [3.05, 3.63) is 96.8 Å². The number of nitrogens with one attached hydrogen (secondary N) is 1. The number of thiocarbonyl (C=S) groups is 1. The van der Waals surface area contributed by atoms with Gasteiger partial charge < -0.3 is 9.47 Å². The Morgan fingerprint density at radius 2 is 1.86 bits per heavy atom. The third-order valence-electron chi connectivity index (χ3n) is 5.04. The van der Waals surface area contributed by atoms with Gasteiger partial charge in [-0.25, -0.2) is 0 Å². The van der Waals surface area contributed by atoms with Crippen LogP contribution in [0.5, 0.6) is 11.5 Å². The van der Waals surface area contributed by atoms with Gasteiger partial charge in [-0.05, 0) is 88.7 Å². The number of hydrogen-bond donors (Lipinski definition) is 1. The molecular weight excluding hydrogens is 619 g/mol. The molecule has 2 amide bonds. The van der Waals surface area contributed by atoms with Gasteiger partial charge in [-0.1, -0.05) is 59.2 Å². The van der Waals surface area contributed by atoms with Gasteiger partial charge in [0.25, 0.3) is 11.8 Å². The van der Waals surface area contributed by atoms with Crippen molar-refractivity contribution in [1.29, 1.82) is 0 Å². The van der Waals surface area contributed by atoms with E-state index in [1.165, 1.54) is 0 Å². The predicted octanol–water partition coefficient (Wildman–Crippen LogP) is 7.28. The summed E-state index contributed by atoms with van der Waals surface area (Å²) in [5, 5.41) is 1.99. The van der Waals surface area contributed by atoms with E-state index in [0.29, 0.717) is 48.7 Å². The van der Waals surface area contributed by atoms with Gasteiger partial charge in [-0.2, -0.15) is 5.01 Å². The first kappa shape index (κ1) is 27.5. The first-order valence-electron chi connectivity index (χ1n) is 10.9. The van der Waals surface area contributed by atoms with Crippen LogP contribution >= 0.6 is 63.1 Å². The second-order valence-corrected chi connectivity index (χ2v) is 11.0. The van der Waals surface area contributed by atoms with Crippen LogP contribution in [0.2, 0.25) is 10.0 Å². The lowest BCUT2D eigenvalue weighted by Gasteiger charge is -2.16. The third-order valence-corrected chi connectivity index (χ3v) is 7.67. The summed E-state index contributed by atoms with van der Waals surface area (Å²) >= 11 is 22.1. The Kier molecular flexibility index (Phi) is 9.15. The minimum Gasteiger partial charge on any atom is -0.490 e. The molecule has 0 spiro atoms. The fourth-order valence-electron chi connectivity index (χ4n) is 3.33. The maximum atomic E-state index is 13.0. The zero-order valence-corrected chi connectivity index (χ0v) is 24.0. The van der Waals surface area contributed by atoms with Crippen LogP contribution in [0.25, 0.3) is 6.08 Å². The number of nitrogens with zero attached hydrogens (tertiary/aromatic N) is 1. The maximum absolute atomic E-state index is 13.0. The summed E-state index contributed by atoms with van der Waals surface area (Å²) in [5.41, 5.74) is 4.52. The molecule has 0 aliphatic carbocycles. The summed E-state index contributed by atoms with van der Waals surface area (Å²) in [6, 6.07) is 17.5. The van der Waals surface area contributed by atoms with Gasteiger partial charge in [0, 0.05) is 5.56 Å². The largest absolute Gasteiger partial charge is 0.490 e. The van der Waals surface area contributed by atoms with Crippen LogP contribution in [-0.4, -0.2) is 27.8 Å². The summed E-state index contributed by atoms with van der Waals surface area (Å²) in [6.07, 6.45) is 1.68. The predicted molar refractivity (Wildman–Crippen MR) is 155 cm³/mol. The van der Waals surface area contributed by atoms with Crippen molar-refractivity contribution in [3.8, 4) is 11.5 Å². The molecule has 37 heavy (non-hydrogen) atoms. The van der Waals surface area contributed by atoms with Crippen molar-refractivity contribution < 1.29 is 19.1 Å². The van der Waals surface area contributed by atoms with Gasteiger partial charge >= 0.3 is 0 Å². The number of carbonyl (C=O) groups is 2. The number of halogens is 3. The lowest BCUT2D eigenvalue weighted by molar-refractivity contribution is -0.123. The van der Waals surface area contributed by atoms with E-state index < -0.39 is 11.8 Å². The van der Waals surface area contributed by atoms with E-state index in [4.69, 9.17) is 44.9 Å². The molecule has 1 aliphatic heterocycles. The first-order valence-corrected chi connectivity index (χ1v) is 13.7. The second-order valence-electron chi connectivity index (χ2n) is 7.62. The van der Waals surface area contributed by atoms with Gasteiger partial charge in [0.2, 0.25) is 0 Å². The molecule has 1 heterocycles. The summed E-state index contributed by atoms with van der Waals surface area (Å²) < 4.78 is 12.7.